The molecule has 2 aliphatic heterocycles. The number of nitrogens with one attached hydrogen (secondary N) is 2. The molecule has 30 heavy (non-hydrogen) atoms. The van der Waals surface area contributed by atoms with Gasteiger partial charge in [-0.3, -0.25) is 4.99 Å². The van der Waals surface area contributed by atoms with Gasteiger partial charge in [0.2, 0.25) is 0 Å². The Morgan fingerprint density at radius 3 is 2.67 bits per heavy atom. The van der Waals surface area contributed by atoms with Gasteiger partial charge in [0.05, 0.1) is 12.7 Å². The highest BCUT2D eigenvalue weighted by Crippen LogP contribution is 2.16. The van der Waals surface area contributed by atoms with Gasteiger partial charge < -0.3 is 25.0 Å². The molecule has 2 fully saturated rings. The zero-order valence-corrected chi connectivity index (χ0v) is 18.9. The van der Waals surface area contributed by atoms with Crippen molar-refractivity contribution in [1.82, 2.24) is 15.5 Å². The van der Waals surface area contributed by atoms with Gasteiger partial charge in [-0.25, -0.2) is 0 Å². The molecule has 2 N–H and O–H groups in total. The fourth-order valence-corrected chi connectivity index (χ4v) is 4.09. The van der Waals surface area contributed by atoms with Gasteiger partial charge >= 0.3 is 0 Å². The Morgan fingerprint density at radius 1 is 1.13 bits per heavy atom. The van der Waals surface area contributed by atoms with E-state index < -0.39 is 0 Å². The average Bonchev–Trinajstić information content (AvgIpc) is 2.79. The van der Waals surface area contributed by atoms with Crippen LogP contribution in [-0.4, -0.2) is 63.4 Å². The van der Waals surface area contributed by atoms with Crippen molar-refractivity contribution in [3.63, 3.8) is 0 Å². The van der Waals surface area contributed by atoms with Crippen molar-refractivity contribution in [3.8, 4) is 0 Å². The summed E-state index contributed by atoms with van der Waals surface area (Å²) in [5.41, 5.74) is 2.47. The first-order chi connectivity index (χ1) is 14.7. The lowest BCUT2D eigenvalue weighted by Crippen LogP contribution is -2.39. The standard InChI is InChI=1S/C24H40N4O2/c1-20-7-13-28(14-8-20)12-4-11-26-24(25-2)27-18-21-5-3-6-22(17-21)19-30-23-9-15-29-16-10-23/h3,5-6,17,20,23H,4,7-16,18-19H2,1-2H3,(H2,25,26,27). The predicted molar refractivity (Wildman–Crippen MR) is 123 cm³/mol. The van der Waals surface area contributed by atoms with Crippen molar-refractivity contribution in [2.24, 2.45) is 10.9 Å². The topological polar surface area (TPSA) is 58.1 Å². The molecular weight excluding hydrogens is 376 g/mol. The van der Waals surface area contributed by atoms with Crippen LogP contribution >= 0.6 is 0 Å². The molecule has 0 saturated carbocycles. The minimum atomic E-state index is 0.330. The van der Waals surface area contributed by atoms with Crippen molar-refractivity contribution < 1.29 is 9.47 Å². The SMILES string of the molecule is CN=C(NCCCN1CCC(C)CC1)NCc1cccc(COC2CCOCC2)c1. The maximum absolute atomic E-state index is 6.05. The fourth-order valence-electron chi connectivity index (χ4n) is 4.09. The molecule has 6 nitrogen and oxygen atoms in total. The molecule has 0 bridgehead atoms. The highest BCUT2D eigenvalue weighted by molar-refractivity contribution is 5.79. The molecular formula is C24H40N4O2. The average molecular weight is 417 g/mol. The molecule has 0 spiro atoms. The Labute approximate surface area is 182 Å². The summed E-state index contributed by atoms with van der Waals surface area (Å²) in [6.45, 7) is 10.1. The lowest BCUT2D eigenvalue weighted by Gasteiger charge is -2.30. The Kier molecular flexibility index (Phi) is 9.93. The third kappa shape index (κ3) is 8.25. The van der Waals surface area contributed by atoms with E-state index in [1.54, 1.807) is 0 Å². The first kappa shape index (κ1) is 23.0. The van der Waals surface area contributed by atoms with Gasteiger partial charge in [-0.2, -0.15) is 0 Å². The van der Waals surface area contributed by atoms with Crippen LogP contribution in [0.5, 0.6) is 0 Å². The maximum atomic E-state index is 6.05. The summed E-state index contributed by atoms with van der Waals surface area (Å²) < 4.78 is 11.4. The molecule has 0 radical (unpaired) electrons. The molecule has 0 atom stereocenters. The zero-order chi connectivity index (χ0) is 21.0. The predicted octanol–water partition coefficient (Wildman–Crippen LogP) is 3.17. The van der Waals surface area contributed by atoms with E-state index in [0.717, 1.165) is 57.4 Å². The van der Waals surface area contributed by atoms with Gasteiger partial charge in [-0.05, 0) is 68.8 Å². The Bertz CT molecular complexity index is 638. The number of ether oxygens (including phenoxy) is 2. The van der Waals surface area contributed by atoms with Crippen LogP contribution in [0.3, 0.4) is 0 Å². The number of hydrogen-bond donors (Lipinski definition) is 2. The number of piperidine rings is 1. The van der Waals surface area contributed by atoms with Crippen LogP contribution in [0.4, 0.5) is 0 Å². The normalized spacial score (nSPS) is 19.7. The molecule has 0 amide bonds. The van der Waals surface area contributed by atoms with Crippen molar-refractivity contribution in [3.05, 3.63) is 35.4 Å². The Balaban J connectivity index is 1.33. The van der Waals surface area contributed by atoms with E-state index in [-0.39, 0.29) is 0 Å². The van der Waals surface area contributed by atoms with Gasteiger partial charge in [0, 0.05) is 33.4 Å². The summed E-state index contributed by atoms with van der Waals surface area (Å²) in [6, 6.07) is 8.61. The minimum Gasteiger partial charge on any atom is -0.381 e. The number of guanidine groups is 1. The molecule has 0 unspecified atom stereocenters. The van der Waals surface area contributed by atoms with Crippen LogP contribution in [0, 0.1) is 5.92 Å². The molecule has 2 saturated heterocycles. The van der Waals surface area contributed by atoms with Crippen LogP contribution in [-0.2, 0) is 22.6 Å². The quantitative estimate of drug-likeness (QED) is 0.368. The van der Waals surface area contributed by atoms with Gasteiger partial charge in [-0.1, -0.05) is 31.2 Å². The number of hydrogen-bond acceptors (Lipinski definition) is 4. The molecule has 1 aromatic rings. The van der Waals surface area contributed by atoms with Crippen LogP contribution < -0.4 is 10.6 Å². The first-order valence-electron chi connectivity index (χ1n) is 11.7. The van der Waals surface area contributed by atoms with E-state index in [2.05, 4.69) is 51.7 Å². The summed E-state index contributed by atoms with van der Waals surface area (Å²) >= 11 is 0. The van der Waals surface area contributed by atoms with Gasteiger partial charge in [-0.15, -0.1) is 0 Å². The Hall–Kier alpha value is -1.63. The van der Waals surface area contributed by atoms with E-state index in [1.165, 1.54) is 43.6 Å². The lowest BCUT2D eigenvalue weighted by molar-refractivity contribution is -0.0390. The van der Waals surface area contributed by atoms with E-state index in [9.17, 15) is 0 Å². The van der Waals surface area contributed by atoms with Crippen LogP contribution in [0.25, 0.3) is 0 Å². The zero-order valence-electron chi connectivity index (χ0n) is 18.9. The summed E-state index contributed by atoms with van der Waals surface area (Å²) in [5, 5.41) is 6.88. The lowest BCUT2D eigenvalue weighted by atomic mass is 9.99. The third-order valence-corrected chi connectivity index (χ3v) is 6.15. The van der Waals surface area contributed by atoms with Crippen LogP contribution in [0.15, 0.2) is 29.3 Å². The van der Waals surface area contributed by atoms with Crippen molar-refractivity contribution in [1.29, 1.82) is 0 Å². The number of benzene rings is 1. The molecule has 0 aromatic heterocycles. The highest BCUT2D eigenvalue weighted by atomic mass is 16.5. The molecule has 2 aliphatic rings. The summed E-state index contributed by atoms with van der Waals surface area (Å²) in [5.74, 6) is 1.76. The first-order valence-corrected chi connectivity index (χ1v) is 11.7. The summed E-state index contributed by atoms with van der Waals surface area (Å²) in [4.78, 5) is 6.95. The summed E-state index contributed by atoms with van der Waals surface area (Å²) in [6.07, 6.45) is 6.16. The minimum absolute atomic E-state index is 0.330. The molecule has 1 aromatic carbocycles. The van der Waals surface area contributed by atoms with Crippen molar-refractivity contribution in [2.75, 3.05) is 46.4 Å². The maximum Gasteiger partial charge on any atom is 0.191 e. The van der Waals surface area contributed by atoms with E-state index in [4.69, 9.17) is 9.47 Å². The number of likely N-dealkylation sites (tertiary alicyclic amines) is 1. The monoisotopic (exact) mass is 416 g/mol. The largest absolute Gasteiger partial charge is 0.381 e. The fraction of sp³-hybridized carbons (Fsp3) is 0.708. The molecule has 6 heteroatoms. The second kappa shape index (κ2) is 12.9. The molecule has 3 rings (SSSR count). The second-order valence-corrected chi connectivity index (χ2v) is 8.67. The van der Waals surface area contributed by atoms with Gasteiger partial charge in [0.15, 0.2) is 5.96 Å². The van der Waals surface area contributed by atoms with Crippen molar-refractivity contribution in [2.45, 2.75) is 58.3 Å². The second-order valence-electron chi connectivity index (χ2n) is 8.67. The highest BCUT2D eigenvalue weighted by Gasteiger charge is 2.15. The van der Waals surface area contributed by atoms with Crippen LogP contribution in [0.1, 0.15) is 50.2 Å². The number of rotatable bonds is 9. The van der Waals surface area contributed by atoms with E-state index in [0.29, 0.717) is 12.7 Å². The van der Waals surface area contributed by atoms with Gasteiger partial charge in [0.1, 0.15) is 0 Å². The van der Waals surface area contributed by atoms with Gasteiger partial charge in [0.25, 0.3) is 0 Å². The smallest absolute Gasteiger partial charge is 0.191 e. The number of nitrogens with zero attached hydrogens (tertiary/aromatic N) is 2. The van der Waals surface area contributed by atoms with E-state index in [1.807, 2.05) is 7.05 Å². The third-order valence-electron chi connectivity index (χ3n) is 6.15. The van der Waals surface area contributed by atoms with Crippen molar-refractivity contribution >= 4 is 5.96 Å². The summed E-state index contributed by atoms with van der Waals surface area (Å²) in [7, 11) is 1.83. The van der Waals surface area contributed by atoms with E-state index >= 15 is 0 Å². The molecule has 0 aliphatic carbocycles. The Morgan fingerprint density at radius 2 is 1.90 bits per heavy atom. The molecule has 168 valence electrons. The number of aliphatic imine (C=N–C) groups is 1. The van der Waals surface area contributed by atoms with Crippen LogP contribution in [0.2, 0.25) is 0 Å². The molecule has 2 heterocycles.